The molecule has 1 saturated carbocycles. The van der Waals surface area contributed by atoms with Gasteiger partial charge in [0.05, 0.1) is 19.0 Å². The Kier molecular flexibility index (Phi) is 6.92. The van der Waals surface area contributed by atoms with E-state index in [2.05, 4.69) is 28.4 Å². The fourth-order valence-corrected chi connectivity index (χ4v) is 3.08. The lowest BCUT2D eigenvalue weighted by molar-refractivity contribution is -0.123. The molecule has 22 heavy (non-hydrogen) atoms. The first-order valence-corrected chi connectivity index (χ1v) is 8.21. The maximum Gasteiger partial charge on any atom is 0.234 e. The standard InChI is InChI=1S/C18H25N3O/c19-12-7-13-20-18(22)15-21(17-10-5-2-6-11-17)14-16-8-3-1-4-9-16/h1,3-4,8-9,17H,2,5-7,10-11,13-15H2,(H,20,22). The molecule has 4 heteroatoms. The Morgan fingerprint density at radius 2 is 1.95 bits per heavy atom. The normalized spacial score (nSPS) is 15.5. The molecule has 0 unspecified atom stereocenters. The molecule has 1 aliphatic rings. The maximum atomic E-state index is 12.1. The molecule has 4 nitrogen and oxygen atoms in total. The second-order valence-corrected chi connectivity index (χ2v) is 5.94. The number of amides is 1. The van der Waals surface area contributed by atoms with Crippen molar-refractivity contribution in [3.8, 4) is 6.07 Å². The number of nitrogens with one attached hydrogen (secondary N) is 1. The minimum atomic E-state index is 0.0248. The van der Waals surface area contributed by atoms with E-state index in [4.69, 9.17) is 5.26 Å². The van der Waals surface area contributed by atoms with Gasteiger partial charge in [-0.3, -0.25) is 9.69 Å². The van der Waals surface area contributed by atoms with Crippen molar-refractivity contribution in [3.05, 3.63) is 35.9 Å². The van der Waals surface area contributed by atoms with Crippen molar-refractivity contribution in [3.63, 3.8) is 0 Å². The predicted octanol–water partition coefficient (Wildman–Crippen LogP) is 2.85. The van der Waals surface area contributed by atoms with Gasteiger partial charge in [-0.05, 0) is 18.4 Å². The molecule has 0 radical (unpaired) electrons. The Labute approximate surface area is 133 Å². The highest BCUT2D eigenvalue weighted by Crippen LogP contribution is 2.23. The molecule has 1 aromatic rings. The van der Waals surface area contributed by atoms with E-state index in [9.17, 15) is 4.79 Å². The highest BCUT2D eigenvalue weighted by molar-refractivity contribution is 5.78. The average Bonchev–Trinajstić information content (AvgIpc) is 2.56. The van der Waals surface area contributed by atoms with Gasteiger partial charge in [-0.1, -0.05) is 49.6 Å². The summed E-state index contributed by atoms with van der Waals surface area (Å²) in [5, 5.41) is 11.4. The molecule has 0 saturated heterocycles. The van der Waals surface area contributed by atoms with Gasteiger partial charge in [0.2, 0.25) is 5.91 Å². The molecule has 0 spiro atoms. The summed E-state index contributed by atoms with van der Waals surface area (Å²) < 4.78 is 0. The number of nitriles is 1. The first-order valence-electron chi connectivity index (χ1n) is 8.21. The summed E-state index contributed by atoms with van der Waals surface area (Å²) in [5.74, 6) is 0.0248. The lowest BCUT2D eigenvalue weighted by Gasteiger charge is -2.34. The molecule has 2 rings (SSSR count). The zero-order chi connectivity index (χ0) is 15.6. The van der Waals surface area contributed by atoms with Gasteiger partial charge in [0.25, 0.3) is 0 Å². The van der Waals surface area contributed by atoms with Gasteiger partial charge in [-0.25, -0.2) is 0 Å². The van der Waals surface area contributed by atoms with Gasteiger partial charge in [0, 0.05) is 19.1 Å². The zero-order valence-corrected chi connectivity index (χ0v) is 13.1. The first-order chi connectivity index (χ1) is 10.8. The van der Waals surface area contributed by atoms with Crippen molar-refractivity contribution in [2.45, 2.75) is 51.1 Å². The van der Waals surface area contributed by atoms with Crippen LogP contribution in [0.15, 0.2) is 30.3 Å². The summed E-state index contributed by atoms with van der Waals surface area (Å²) >= 11 is 0. The quantitative estimate of drug-likeness (QED) is 0.788. The summed E-state index contributed by atoms with van der Waals surface area (Å²) in [6.07, 6.45) is 6.55. The summed E-state index contributed by atoms with van der Waals surface area (Å²) in [7, 11) is 0. The minimum Gasteiger partial charge on any atom is -0.354 e. The monoisotopic (exact) mass is 299 g/mol. The van der Waals surface area contributed by atoms with Crippen LogP contribution in [0.25, 0.3) is 0 Å². The second-order valence-electron chi connectivity index (χ2n) is 5.94. The number of nitrogens with zero attached hydrogens (tertiary/aromatic N) is 2. The van der Waals surface area contributed by atoms with Gasteiger partial charge in [-0.2, -0.15) is 5.26 Å². The molecule has 118 valence electrons. The van der Waals surface area contributed by atoms with Crippen molar-refractivity contribution in [1.82, 2.24) is 10.2 Å². The number of hydrogen-bond acceptors (Lipinski definition) is 3. The molecule has 1 fully saturated rings. The highest BCUT2D eigenvalue weighted by Gasteiger charge is 2.23. The molecular weight excluding hydrogens is 274 g/mol. The molecule has 1 aliphatic carbocycles. The number of carbonyl (C=O) groups excluding carboxylic acids is 1. The average molecular weight is 299 g/mol. The van der Waals surface area contributed by atoms with E-state index in [-0.39, 0.29) is 5.91 Å². The van der Waals surface area contributed by atoms with Crippen molar-refractivity contribution < 1.29 is 4.79 Å². The van der Waals surface area contributed by atoms with Crippen LogP contribution in [0, 0.1) is 11.3 Å². The third kappa shape index (κ3) is 5.50. The van der Waals surface area contributed by atoms with Gasteiger partial charge in [-0.15, -0.1) is 0 Å². The SMILES string of the molecule is N#CCCNC(=O)CN(Cc1ccccc1)C1CCCCC1. The van der Waals surface area contributed by atoms with Gasteiger partial charge in [0.15, 0.2) is 0 Å². The number of hydrogen-bond donors (Lipinski definition) is 1. The topological polar surface area (TPSA) is 56.1 Å². The molecule has 0 heterocycles. The van der Waals surface area contributed by atoms with Crippen LogP contribution >= 0.6 is 0 Å². The van der Waals surface area contributed by atoms with E-state index in [1.165, 1.54) is 37.7 Å². The summed E-state index contributed by atoms with van der Waals surface area (Å²) in [5.41, 5.74) is 1.25. The molecule has 0 aliphatic heterocycles. The number of carbonyl (C=O) groups is 1. The molecular formula is C18H25N3O. The molecule has 1 aromatic carbocycles. The van der Waals surface area contributed by atoms with Crippen molar-refractivity contribution in [2.24, 2.45) is 0 Å². The predicted molar refractivity (Wildman–Crippen MR) is 87.0 cm³/mol. The van der Waals surface area contributed by atoms with Gasteiger partial charge < -0.3 is 5.32 Å². The van der Waals surface area contributed by atoms with Crippen LogP contribution in [0.1, 0.15) is 44.1 Å². The van der Waals surface area contributed by atoms with E-state index in [1.54, 1.807) is 0 Å². The van der Waals surface area contributed by atoms with Crippen LogP contribution < -0.4 is 5.32 Å². The molecule has 0 aromatic heterocycles. The Morgan fingerprint density at radius 1 is 1.23 bits per heavy atom. The van der Waals surface area contributed by atoms with Crippen LogP contribution in [0.5, 0.6) is 0 Å². The third-order valence-electron chi connectivity index (χ3n) is 4.23. The largest absolute Gasteiger partial charge is 0.354 e. The maximum absolute atomic E-state index is 12.1. The molecule has 0 atom stereocenters. The van der Waals surface area contributed by atoms with E-state index >= 15 is 0 Å². The summed E-state index contributed by atoms with van der Waals surface area (Å²) in [6.45, 7) is 1.68. The molecule has 0 bridgehead atoms. The van der Waals surface area contributed by atoms with Crippen molar-refractivity contribution in [1.29, 1.82) is 5.26 Å². The Hall–Kier alpha value is -1.86. The third-order valence-corrected chi connectivity index (χ3v) is 4.23. The van der Waals surface area contributed by atoms with Crippen LogP contribution in [0.2, 0.25) is 0 Å². The van der Waals surface area contributed by atoms with Crippen LogP contribution in [0.3, 0.4) is 0 Å². The van der Waals surface area contributed by atoms with Crippen molar-refractivity contribution >= 4 is 5.91 Å². The first kappa shape index (κ1) is 16.5. The van der Waals surface area contributed by atoms with E-state index in [0.717, 1.165) is 6.54 Å². The van der Waals surface area contributed by atoms with E-state index in [1.807, 2.05) is 18.2 Å². The zero-order valence-electron chi connectivity index (χ0n) is 13.1. The van der Waals surface area contributed by atoms with Gasteiger partial charge >= 0.3 is 0 Å². The Morgan fingerprint density at radius 3 is 2.64 bits per heavy atom. The van der Waals surface area contributed by atoms with Gasteiger partial charge in [0.1, 0.15) is 0 Å². The van der Waals surface area contributed by atoms with E-state index < -0.39 is 0 Å². The molecule has 1 N–H and O–H groups in total. The fourth-order valence-electron chi connectivity index (χ4n) is 3.08. The van der Waals surface area contributed by atoms with Crippen LogP contribution in [-0.4, -0.2) is 29.9 Å². The lowest BCUT2D eigenvalue weighted by Crippen LogP contribution is -2.43. The summed E-state index contributed by atoms with van der Waals surface area (Å²) in [4.78, 5) is 14.4. The lowest BCUT2D eigenvalue weighted by atomic mass is 9.93. The van der Waals surface area contributed by atoms with Crippen LogP contribution in [-0.2, 0) is 11.3 Å². The Balaban J connectivity index is 1.95. The number of benzene rings is 1. The van der Waals surface area contributed by atoms with E-state index in [0.29, 0.717) is 25.6 Å². The number of rotatable bonds is 7. The molecule has 1 amide bonds. The summed E-state index contributed by atoms with van der Waals surface area (Å²) in [6, 6.07) is 12.9. The van der Waals surface area contributed by atoms with Crippen LogP contribution in [0.4, 0.5) is 0 Å². The Bertz CT molecular complexity index is 489. The fraction of sp³-hybridized carbons (Fsp3) is 0.556. The smallest absolute Gasteiger partial charge is 0.234 e. The van der Waals surface area contributed by atoms with Crippen molar-refractivity contribution in [2.75, 3.05) is 13.1 Å². The second kappa shape index (κ2) is 9.22. The highest BCUT2D eigenvalue weighted by atomic mass is 16.2. The minimum absolute atomic E-state index is 0.0248.